The van der Waals surface area contributed by atoms with Gasteiger partial charge in [-0.25, -0.2) is 4.98 Å². The Balaban J connectivity index is 1.75. The average Bonchev–Trinajstić information content (AvgIpc) is 3.01. The van der Waals surface area contributed by atoms with Gasteiger partial charge in [0.25, 0.3) is 0 Å². The Morgan fingerprint density at radius 2 is 2.08 bits per heavy atom. The molecular weight excluding hydrogens is 318 g/mol. The minimum Gasteiger partial charge on any atom is -0.494 e. The van der Waals surface area contributed by atoms with Crippen LogP contribution >= 0.6 is 0 Å². The van der Waals surface area contributed by atoms with Crippen molar-refractivity contribution in [3.05, 3.63) is 23.9 Å². The van der Waals surface area contributed by atoms with Crippen molar-refractivity contribution in [2.45, 2.75) is 37.7 Å². The molecule has 0 amide bonds. The third-order valence-electron chi connectivity index (χ3n) is 5.34. The van der Waals surface area contributed by atoms with Gasteiger partial charge in [0.05, 0.1) is 24.4 Å². The minimum atomic E-state index is -0.662. The van der Waals surface area contributed by atoms with E-state index in [1.165, 1.54) is 5.56 Å². The molecule has 2 saturated heterocycles. The van der Waals surface area contributed by atoms with Crippen LogP contribution in [0.15, 0.2) is 18.3 Å². The molecule has 2 aliphatic heterocycles. The molecule has 0 spiro atoms. The lowest BCUT2D eigenvalue weighted by Gasteiger charge is -2.24. The molecule has 1 N–H and O–H groups in total. The lowest BCUT2D eigenvalue weighted by molar-refractivity contribution is 0.0839. The predicted octanol–water partition coefficient (Wildman–Crippen LogP) is 2.49. The summed E-state index contributed by atoms with van der Waals surface area (Å²) in [6.07, 6.45) is 4.59. The summed E-state index contributed by atoms with van der Waals surface area (Å²) in [5, 5.41) is 10.2. The van der Waals surface area contributed by atoms with Crippen LogP contribution in [0.3, 0.4) is 0 Å². The normalized spacial score (nSPS) is 24.8. The monoisotopic (exact) mass is 343 g/mol. The van der Waals surface area contributed by atoms with E-state index in [9.17, 15) is 5.11 Å². The van der Waals surface area contributed by atoms with Gasteiger partial charge in [0.15, 0.2) is 0 Å². The van der Waals surface area contributed by atoms with Crippen molar-refractivity contribution in [3.63, 3.8) is 0 Å². The molecular formula is C19H25N3O3. The second-order valence-electron chi connectivity index (χ2n) is 7.34. The van der Waals surface area contributed by atoms with E-state index >= 15 is 0 Å². The van der Waals surface area contributed by atoms with Crippen LogP contribution in [-0.2, 0) is 4.74 Å². The number of aliphatic hydroxyl groups is 1. The standard InChI is InChI=1S/C19H25N3O3/c1-19(23)7-8-22(12-19)16-11-20-17-14(13-5-9-25-10-6-13)3-4-15(24-2)18(17)21-16/h3-4,11,13,23H,5-10,12H2,1-2H3/t19-/m1/s1. The molecule has 25 heavy (non-hydrogen) atoms. The van der Waals surface area contributed by atoms with E-state index in [4.69, 9.17) is 19.4 Å². The smallest absolute Gasteiger partial charge is 0.148 e. The number of β-amino-alcohol motifs (C(OH)–C–C–N with tert-alkyl or cyclic N) is 1. The largest absolute Gasteiger partial charge is 0.494 e. The molecule has 6 heteroatoms. The summed E-state index contributed by atoms with van der Waals surface area (Å²) in [6, 6.07) is 4.11. The molecule has 1 aromatic carbocycles. The maximum atomic E-state index is 10.2. The number of hydrogen-bond donors (Lipinski definition) is 1. The SMILES string of the molecule is COc1ccc(C2CCOCC2)c2ncc(N3CC[C@@](C)(O)C3)nc12. The zero-order valence-corrected chi connectivity index (χ0v) is 14.9. The summed E-state index contributed by atoms with van der Waals surface area (Å²) in [6.45, 7) is 4.83. The Hall–Kier alpha value is -1.92. The number of fused-ring (bicyclic) bond motifs is 1. The quantitative estimate of drug-likeness (QED) is 0.923. The Kier molecular flexibility index (Phi) is 4.25. The molecule has 4 rings (SSSR count). The summed E-state index contributed by atoms with van der Waals surface area (Å²) >= 11 is 0. The summed E-state index contributed by atoms with van der Waals surface area (Å²) in [7, 11) is 1.66. The van der Waals surface area contributed by atoms with E-state index in [0.29, 0.717) is 12.5 Å². The topological polar surface area (TPSA) is 67.7 Å². The maximum Gasteiger partial charge on any atom is 0.148 e. The summed E-state index contributed by atoms with van der Waals surface area (Å²) in [5.74, 6) is 1.99. The van der Waals surface area contributed by atoms with Crippen LogP contribution < -0.4 is 9.64 Å². The molecule has 134 valence electrons. The number of rotatable bonds is 3. The average molecular weight is 343 g/mol. The highest BCUT2D eigenvalue weighted by Gasteiger charge is 2.32. The molecule has 1 atom stereocenters. The van der Waals surface area contributed by atoms with Crippen molar-refractivity contribution < 1.29 is 14.6 Å². The van der Waals surface area contributed by atoms with Crippen molar-refractivity contribution in [1.29, 1.82) is 0 Å². The first-order valence-electron chi connectivity index (χ1n) is 8.96. The first-order valence-corrected chi connectivity index (χ1v) is 8.96. The number of benzene rings is 1. The molecule has 0 aliphatic carbocycles. The van der Waals surface area contributed by atoms with Gasteiger partial charge in [-0.2, -0.15) is 0 Å². The molecule has 2 aromatic rings. The summed E-state index contributed by atoms with van der Waals surface area (Å²) in [5.41, 5.74) is 2.29. The zero-order chi connectivity index (χ0) is 17.4. The summed E-state index contributed by atoms with van der Waals surface area (Å²) in [4.78, 5) is 11.7. The molecule has 0 radical (unpaired) electrons. The summed E-state index contributed by atoms with van der Waals surface area (Å²) < 4.78 is 11.0. The van der Waals surface area contributed by atoms with Gasteiger partial charge in [0, 0.05) is 26.3 Å². The van der Waals surface area contributed by atoms with Crippen LogP contribution in [0, 0.1) is 0 Å². The molecule has 0 saturated carbocycles. The zero-order valence-electron chi connectivity index (χ0n) is 14.9. The fourth-order valence-electron chi connectivity index (χ4n) is 3.88. The van der Waals surface area contributed by atoms with Crippen LogP contribution in [-0.4, -0.2) is 54.1 Å². The molecule has 6 nitrogen and oxygen atoms in total. The van der Waals surface area contributed by atoms with Crippen molar-refractivity contribution in [3.8, 4) is 5.75 Å². The van der Waals surface area contributed by atoms with Crippen LogP contribution in [0.4, 0.5) is 5.82 Å². The van der Waals surface area contributed by atoms with Crippen LogP contribution in [0.1, 0.15) is 37.7 Å². The van der Waals surface area contributed by atoms with Crippen molar-refractivity contribution in [2.24, 2.45) is 0 Å². The Morgan fingerprint density at radius 3 is 2.76 bits per heavy atom. The fraction of sp³-hybridized carbons (Fsp3) is 0.579. The van der Waals surface area contributed by atoms with Crippen LogP contribution in [0.5, 0.6) is 5.75 Å². The second kappa shape index (κ2) is 6.42. The van der Waals surface area contributed by atoms with E-state index in [1.54, 1.807) is 7.11 Å². The molecule has 3 heterocycles. The fourth-order valence-corrected chi connectivity index (χ4v) is 3.88. The number of aromatic nitrogens is 2. The third-order valence-corrected chi connectivity index (χ3v) is 5.34. The Labute approximate surface area is 147 Å². The molecule has 0 unspecified atom stereocenters. The number of anilines is 1. The number of hydrogen-bond acceptors (Lipinski definition) is 6. The lowest BCUT2D eigenvalue weighted by Crippen LogP contribution is -2.30. The van der Waals surface area contributed by atoms with Crippen LogP contribution in [0.2, 0.25) is 0 Å². The molecule has 2 fully saturated rings. The van der Waals surface area contributed by atoms with Crippen molar-refractivity contribution in [2.75, 3.05) is 38.3 Å². The number of nitrogens with zero attached hydrogens (tertiary/aromatic N) is 3. The molecule has 1 aromatic heterocycles. The third kappa shape index (κ3) is 3.16. The van der Waals surface area contributed by atoms with E-state index in [-0.39, 0.29) is 0 Å². The van der Waals surface area contributed by atoms with Gasteiger partial charge in [0.2, 0.25) is 0 Å². The highest BCUT2D eigenvalue weighted by molar-refractivity contribution is 5.85. The van der Waals surface area contributed by atoms with Crippen molar-refractivity contribution >= 4 is 16.9 Å². The van der Waals surface area contributed by atoms with Gasteiger partial charge in [0.1, 0.15) is 17.1 Å². The highest BCUT2D eigenvalue weighted by atomic mass is 16.5. The number of methoxy groups -OCH3 is 1. The Morgan fingerprint density at radius 1 is 1.28 bits per heavy atom. The van der Waals surface area contributed by atoms with Gasteiger partial charge >= 0.3 is 0 Å². The van der Waals surface area contributed by atoms with Gasteiger partial charge in [-0.15, -0.1) is 0 Å². The Bertz CT molecular complexity index is 772. The van der Waals surface area contributed by atoms with Gasteiger partial charge in [-0.3, -0.25) is 4.98 Å². The van der Waals surface area contributed by atoms with E-state index in [0.717, 1.165) is 61.6 Å². The van der Waals surface area contributed by atoms with Gasteiger partial charge in [-0.1, -0.05) is 6.07 Å². The number of ether oxygens (including phenoxy) is 2. The van der Waals surface area contributed by atoms with Crippen molar-refractivity contribution in [1.82, 2.24) is 9.97 Å². The lowest BCUT2D eigenvalue weighted by atomic mass is 9.90. The minimum absolute atomic E-state index is 0.454. The van der Waals surface area contributed by atoms with E-state index in [2.05, 4.69) is 11.0 Å². The van der Waals surface area contributed by atoms with E-state index in [1.807, 2.05) is 19.2 Å². The maximum absolute atomic E-state index is 10.2. The predicted molar refractivity (Wildman–Crippen MR) is 96.3 cm³/mol. The highest BCUT2D eigenvalue weighted by Crippen LogP contribution is 2.36. The van der Waals surface area contributed by atoms with Gasteiger partial charge < -0.3 is 19.5 Å². The molecule has 0 bridgehead atoms. The van der Waals surface area contributed by atoms with E-state index < -0.39 is 5.60 Å². The van der Waals surface area contributed by atoms with Gasteiger partial charge in [-0.05, 0) is 43.7 Å². The second-order valence-corrected chi connectivity index (χ2v) is 7.34. The van der Waals surface area contributed by atoms with Crippen LogP contribution in [0.25, 0.3) is 11.0 Å². The first kappa shape index (κ1) is 16.5. The molecule has 2 aliphatic rings. The first-order chi connectivity index (χ1) is 12.1.